The van der Waals surface area contributed by atoms with Gasteiger partial charge in [-0.25, -0.2) is 0 Å². The summed E-state index contributed by atoms with van der Waals surface area (Å²) in [6, 6.07) is 13.8. The SMILES string of the molecule is COc1ccc(-c2ccc(-c3ccsc3)nn2)cc1. The monoisotopic (exact) mass is 268 g/mol. The van der Waals surface area contributed by atoms with Crippen molar-refractivity contribution in [2.24, 2.45) is 0 Å². The maximum absolute atomic E-state index is 5.14. The van der Waals surface area contributed by atoms with Crippen LogP contribution in [0.1, 0.15) is 0 Å². The molecule has 0 aliphatic rings. The molecule has 2 aromatic heterocycles. The van der Waals surface area contributed by atoms with Crippen LogP contribution in [0.4, 0.5) is 0 Å². The summed E-state index contributed by atoms with van der Waals surface area (Å²) in [4.78, 5) is 0. The smallest absolute Gasteiger partial charge is 0.118 e. The Morgan fingerprint density at radius 1 is 0.842 bits per heavy atom. The fraction of sp³-hybridized carbons (Fsp3) is 0.0667. The molecule has 0 fully saturated rings. The summed E-state index contributed by atoms with van der Waals surface area (Å²) in [5.41, 5.74) is 3.91. The lowest BCUT2D eigenvalue weighted by molar-refractivity contribution is 0.415. The van der Waals surface area contributed by atoms with Crippen LogP contribution >= 0.6 is 11.3 Å². The van der Waals surface area contributed by atoms with Crippen LogP contribution in [0.5, 0.6) is 5.75 Å². The van der Waals surface area contributed by atoms with E-state index in [4.69, 9.17) is 4.74 Å². The number of aromatic nitrogens is 2. The van der Waals surface area contributed by atoms with E-state index in [2.05, 4.69) is 15.6 Å². The molecule has 3 rings (SSSR count). The van der Waals surface area contributed by atoms with Crippen LogP contribution in [-0.4, -0.2) is 17.3 Å². The van der Waals surface area contributed by atoms with E-state index in [1.807, 2.05) is 47.8 Å². The van der Waals surface area contributed by atoms with Crippen LogP contribution in [0.15, 0.2) is 53.2 Å². The number of hydrogen-bond acceptors (Lipinski definition) is 4. The van der Waals surface area contributed by atoms with Gasteiger partial charge in [0, 0.05) is 16.5 Å². The van der Waals surface area contributed by atoms with Crippen molar-refractivity contribution in [3.63, 3.8) is 0 Å². The first kappa shape index (κ1) is 11.9. The van der Waals surface area contributed by atoms with Crippen molar-refractivity contribution in [2.45, 2.75) is 0 Å². The van der Waals surface area contributed by atoms with Crippen molar-refractivity contribution in [1.29, 1.82) is 0 Å². The van der Waals surface area contributed by atoms with E-state index in [1.165, 1.54) is 0 Å². The molecule has 3 aromatic rings. The third-order valence-corrected chi connectivity index (χ3v) is 3.55. The number of rotatable bonds is 3. The highest BCUT2D eigenvalue weighted by Crippen LogP contribution is 2.23. The average Bonchev–Trinajstić information content (AvgIpc) is 3.02. The molecule has 0 bridgehead atoms. The van der Waals surface area contributed by atoms with Crippen LogP contribution < -0.4 is 4.74 Å². The minimum absolute atomic E-state index is 0.839. The lowest BCUT2D eigenvalue weighted by atomic mass is 10.1. The largest absolute Gasteiger partial charge is 0.497 e. The topological polar surface area (TPSA) is 35.0 Å². The van der Waals surface area contributed by atoms with Crippen molar-refractivity contribution in [1.82, 2.24) is 10.2 Å². The summed E-state index contributed by atoms with van der Waals surface area (Å²) >= 11 is 1.66. The quantitative estimate of drug-likeness (QED) is 0.723. The second-order valence-electron chi connectivity index (χ2n) is 4.04. The lowest BCUT2D eigenvalue weighted by Gasteiger charge is -2.03. The van der Waals surface area contributed by atoms with E-state index in [1.54, 1.807) is 18.4 Å². The number of benzene rings is 1. The Kier molecular flexibility index (Phi) is 3.25. The highest BCUT2D eigenvalue weighted by Gasteiger charge is 2.03. The van der Waals surface area contributed by atoms with E-state index >= 15 is 0 Å². The molecule has 0 saturated heterocycles. The predicted molar refractivity (Wildman–Crippen MR) is 77.3 cm³/mol. The first-order valence-electron chi connectivity index (χ1n) is 5.87. The molecular formula is C15H12N2OS. The summed E-state index contributed by atoms with van der Waals surface area (Å²) in [6.07, 6.45) is 0. The molecule has 94 valence electrons. The van der Waals surface area contributed by atoms with Gasteiger partial charge >= 0.3 is 0 Å². The average molecular weight is 268 g/mol. The zero-order valence-corrected chi connectivity index (χ0v) is 11.2. The molecule has 1 aromatic carbocycles. The molecule has 0 N–H and O–H groups in total. The van der Waals surface area contributed by atoms with Gasteiger partial charge in [-0.15, -0.1) is 10.2 Å². The van der Waals surface area contributed by atoms with Crippen molar-refractivity contribution >= 4 is 11.3 Å². The summed E-state index contributed by atoms with van der Waals surface area (Å²) < 4.78 is 5.14. The van der Waals surface area contributed by atoms with Gasteiger partial charge in [0.05, 0.1) is 18.5 Å². The summed E-state index contributed by atoms with van der Waals surface area (Å²) in [7, 11) is 1.66. The normalized spacial score (nSPS) is 10.4. The van der Waals surface area contributed by atoms with Gasteiger partial charge in [-0.3, -0.25) is 0 Å². The molecule has 3 nitrogen and oxygen atoms in total. The highest BCUT2D eigenvalue weighted by molar-refractivity contribution is 7.08. The van der Waals surface area contributed by atoms with Gasteiger partial charge in [0.15, 0.2) is 0 Å². The fourth-order valence-corrected chi connectivity index (χ4v) is 2.46. The van der Waals surface area contributed by atoms with Crippen LogP contribution in [-0.2, 0) is 0 Å². The standard InChI is InChI=1S/C15H12N2OS/c1-18-13-4-2-11(3-5-13)14-6-7-15(17-16-14)12-8-9-19-10-12/h2-10H,1H3. The molecule has 0 unspecified atom stereocenters. The lowest BCUT2D eigenvalue weighted by Crippen LogP contribution is -1.90. The van der Waals surface area contributed by atoms with Crippen molar-refractivity contribution in [3.8, 4) is 28.3 Å². The van der Waals surface area contributed by atoms with Crippen molar-refractivity contribution in [2.75, 3.05) is 7.11 Å². The molecule has 0 radical (unpaired) electrons. The fourth-order valence-electron chi connectivity index (χ4n) is 1.81. The molecule has 0 amide bonds. The van der Waals surface area contributed by atoms with Crippen molar-refractivity contribution < 1.29 is 4.74 Å². The Hall–Kier alpha value is -2.20. The molecule has 0 spiro atoms. The Labute approximate surface area is 115 Å². The van der Waals surface area contributed by atoms with E-state index in [0.29, 0.717) is 0 Å². The maximum Gasteiger partial charge on any atom is 0.118 e. The third-order valence-electron chi connectivity index (χ3n) is 2.87. The van der Waals surface area contributed by atoms with Crippen LogP contribution in [0.2, 0.25) is 0 Å². The first-order valence-corrected chi connectivity index (χ1v) is 6.82. The van der Waals surface area contributed by atoms with E-state index in [-0.39, 0.29) is 0 Å². The van der Waals surface area contributed by atoms with Gasteiger partial charge in [-0.1, -0.05) is 0 Å². The summed E-state index contributed by atoms with van der Waals surface area (Å²) in [5.74, 6) is 0.839. The van der Waals surface area contributed by atoms with E-state index in [0.717, 1.165) is 28.3 Å². The summed E-state index contributed by atoms with van der Waals surface area (Å²) in [6.45, 7) is 0. The van der Waals surface area contributed by atoms with Crippen LogP contribution in [0.25, 0.3) is 22.5 Å². The van der Waals surface area contributed by atoms with Crippen molar-refractivity contribution in [3.05, 3.63) is 53.2 Å². The number of nitrogens with zero attached hydrogens (tertiary/aromatic N) is 2. The van der Waals surface area contributed by atoms with E-state index < -0.39 is 0 Å². The number of ether oxygens (including phenoxy) is 1. The second-order valence-corrected chi connectivity index (χ2v) is 4.82. The Balaban J connectivity index is 1.89. The Morgan fingerprint density at radius 2 is 1.53 bits per heavy atom. The molecule has 2 heterocycles. The Morgan fingerprint density at radius 3 is 2.05 bits per heavy atom. The molecule has 0 aliphatic carbocycles. The molecule has 0 atom stereocenters. The maximum atomic E-state index is 5.14. The zero-order chi connectivity index (χ0) is 13.1. The second kappa shape index (κ2) is 5.20. The number of thiophene rings is 1. The minimum Gasteiger partial charge on any atom is -0.497 e. The molecule has 0 aliphatic heterocycles. The minimum atomic E-state index is 0.839. The van der Waals surface area contributed by atoms with Crippen LogP contribution in [0, 0.1) is 0 Å². The van der Waals surface area contributed by atoms with Gasteiger partial charge in [0.25, 0.3) is 0 Å². The molecule has 19 heavy (non-hydrogen) atoms. The number of methoxy groups -OCH3 is 1. The van der Waals surface area contributed by atoms with Gasteiger partial charge in [0.1, 0.15) is 5.75 Å². The van der Waals surface area contributed by atoms with Gasteiger partial charge in [0.2, 0.25) is 0 Å². The molecule has 0 saturated carbocycles. The van der Waals surface area contributed by atoms with Gasteiger partial charge in [-0.2, -0.15) is 11.3 Å². The van der Waals surface area contributed by atoms with Crippen LogP contribution in [0.3, 0.4) is 0 Å². The summed E-state index contributed by atoms with van der Waals surface area (Å²) in [5, 5.41) is 12.6. The van der Waals surface area contributed by atoms with E-state index in [9.17, 15) is 0 Å². The third kappa shape index (κ3) is 2.48. The molecule has 4 heteroatoms. The number of hydrogen-bond donors (Lipinski definition) is 0. The van der Waals surface area contributed by atoms with Gasteiger partial charge < -0.3 is 4.74 Å². The molecular weight excluding hydrogens is 256 g/mol. The Bertz CT molecular complexity index is 646. The first-order chi connectivity index (χ1) is 9.36. The zero-order valence-electron chi connectivity index (χ0n) is 10.4. The highest BCUT2D eigenvalue weighted by atomic mass is 32.1. The predicted octanol–water partition coefficient (Wildman–Crippen LogP) is 3.88. The van der Waals surface area contributed by atoms with Gasteiger partial charge in [-0.05, 0) is 47.8 Å².